The lowest BCUT2D eigenvalue weighted by atomic mass is 9.76. The summed E-state index contributed by atoms with van der Waals surface area (Å²) in [6.07, 6.45) is 2.17. The molecule has 2 heterocycles. The fourth-order valence-electron chi connectivity index (χ4n) is 3.74. The summed E-state index contributed by atoms with van der Waals surface area (Å²) in [4.78, 5) is 14.9. The van der Waals surface area contributed by atoms with E-state index in [0.29, 0.717) is 17.9 Å². The highest BCUT2D eigenvalue weighted by Gasteiger charge is 2.49. The van der Waals surface area contributed by atoms with Crippen LogP contribution in [-0.2, 0) is 9.53 Å². The molecule has 2 aliphatic heterocycles. The fraction of sp³-hybridized carbons (Fsp3) is 0.938. The van der Waals surface area contributed by atoms with E-state index in [-0.39, 0.29) is 11.4 Å². The van der Waals surface area contributed by atoms with Gasteiger partial charge in [0.1, 0.15) is 0 Å². The van der Waals surface area contributed by atoms with Gasteiger partial charge in [0.2, 0.25) is 0 Å². The first-order chi connectivity index (χ1) is 9.42. The Hall–Kier alpha value is -0.610. The number of hydrogen-bond acceptors (Lipinski definition) is 4. The molecule has 4 nitrogen and oxygen atoms in total. The molecule has 0 bridgehead atoms. The topological polar surface area (TPSA) is 41.6 Å². The maximum atomic E-state index is 12.4. The minimum Gasteiger partial charge on any atom is -0.466 e. The minimum absolute atomic E-state index is 0.00667. The highest BCUT2D eigenvalue weighted by Crippen LogP contribution is 2.40. The van der Waals surface area contributed by atoms with Crippen LogP contribution in [0.15, 0.2) is 0 Å². The zero-order chi connectivity index (χ0) is 14.8. The monoisotopic (exact) mass is 282 g/mol. The van der Waals surface area contributed by atoms with Crippen LogP contribution < -0.4 is 5.32 Å². The van der Waals surface area contributed by atoms with Crippen molar-refractivity contribution in [1.82, 2.24) is 10.2 Å². The molecule has 20 heavy (non-hydrogen) atoms. The molecule has 2 aliphatic rings. The van der Waals surface area contributed by atoms with Crippen LogP contribution in [0.4, 0.5) is 0 Å². The van der Waals surface area contributed by atoms with Gasteiger partial charge in [0.05, 0.1) is 12.0 Å². The third-order valence-corrected chi connectivity index (χ3v) is 5.23. The Morgan fingerprint density at radius 3 is 2.70 bits per heavy atom. The molecule has 2 saturated heterocycles. The van der Waals surface area contributed by atoms with Crippen LogP contribution >= 0.6 is 0 Å². The van der Waals surface area contributed by atoms with Crippen molar-refractivity contribution in [3.63, 3.8) is 0 Å². The van der Waals surface area contributed by atoms with Crippen molar-refractivity contribution in [1.29, 1.82) is 0 Å². The van der Waals surface area contributed by atoms with Crippen LogP contribution in [0.1, 0.15) is 40.5 Å². The van der Waals surface area contributed by atoms with Crippen LogP contribution in [-0.4, -0.2) is 50.2 Å². The number of nitrogens with one attached hydrogen (secondary N) is 1. The van der Waals surface area contributed by atoms with Gasteiger partial charge < -0.3 is 15.0 Å². The lowest BCUT2D eigenvalue weighted by molar-refractivity contribution is -0.157. The number of carbonyl (C=O) groups excluding carboxylic acids is 1. The van der Waals surface area contributed by atoms with Gasteiger partial charge in [-0.1, -0.05) is 20.8 Å². The van der Waals surface area contributed by atoms with Crippen LogP contribution in [0.2, 0.25) is 0 Å². The minimum atomic E-state index is -0.293. The second-order valence-electron chi connectivity index (χ2n) is 7.23. The Balaban J connectivity index is 2.02. The van der Waals surface area contributed by atoms with Crippen LogP contribution in [0.25, 0.3) is 0 Å². The van der Waals surface area contributed by atoms with Crippen molar-refractivity contribution in [3.8, 4) is 0 Å². The van der Waals surface area contributed by atoms with Gasteiger partial charge in [-0.25, -0.2) is 0 Å². The zero-order valence-corrected chi connectivity index (χ0v) is 13.5. The Labute approximate surface area is 123 Å². The molecule has 0 radical (unpaired) electrons. The predicted molar refractivity (Wildman–Crippen MR) is 80.6 cm³/mol. The third kappa shape index (κ3) is 3.01. The van der Waals surface area contributed by atoms with Crippen molar-refractivity contribution >= 4 is 5.97 Å². The normalized spacial score (nSPS) is 34.9. The standard InChI is InChI=1S/C16H30N2O2/c1-5-20-14(19)16(13(2)3)7-9-18(12-16)11-15(4)6-8-17-10-15/h13,17H,5-12H2,1-4H3. The highest BCUT2D eigenvalue weighted by atomic mass is 16.5. The van der Waals surface area contributed by atoms with Crippen LogP contribution in [0.3, 0.4) is 0 Å². The van der Waals surface area contributed by atoms with Gasteiger partial charge in [0.25, 0.3) is 0 Å². The summed E-state index contributed by atoms with van der Waals surface area (Å²) < 4.78 is 5.36. The number of carbonyl (C=O) groups is 1. The first-order valence-corrected chi connectivity index (χ1v) is 8.02. The molecule has 0 amide bonds. The summed E-state index contributed by atoms with van der Waals surface area (Å²) in [6.45, 7) is 14.2. The maximum Gasteiger partial charge on any atom is 0.313 e. The first kappa shape index (κ1) is 15.8. The quantitative estimate of drug-likeness (QED) is 0.782. The molecular formula is C16H30N2O2. The Morgan fingerprint density at radius 1 is 1.40 bits per heavy atom. The van der Waals surface area contributed by atoms with Gasteiger partial charge >= 0.3 is 5.97 Å². The van der Waals surface area contributed by atoms with Gasteiger partial charge in [0, 0.05) is 19.6 Å². The summed E-state index contributed by atoms with van der Waals surface area (Å²) in [5, 5.41) is 3.46. The van der Waals surface area contributed by atoms with E-state index in [0.717, 1.165) is 39.1 Å². The molecule has 2 unspecified atom stereocenters. The lowest BCUT2D eigenvalue weighted by Crippen LogP contribution is -2.43. The number of hydrogen-bond donors (Lipinski definition) is 1. The summed E-state index contributed by atoms with van der Waals surface area (Å²) >= 11 is 0. The second kappa shape index (κ2) is 6.02. The summed E-state index contributed by atoms with van der Waals surface area (Å²) in [7, 11) is 0. The molecule has 0 aromatic carbocycles. The number of rotatable bonds is 5. The van der Waals surface area contributed by atoms with E-state index < -0.39 is 0 Å². The molecular weight excluding hydrogens is 252 g/mol. The van der Waals surface area contributed by atoms with Crippen LogP contribution in [0.5, 0.6) is 0 Å². The number of likely N-dealkylation sites (tertiary alicyclic amines) is 1. The van der Waals surface area contributed by atoms with Crippen molar-refractivity contribution in [2.45, 2.75) is 40.5 Å². The van der Waals surface area contributed by atoms with Crippen molar-refractivity contribution in [3.05, 3.63) is 0 Å². The molecule has 0 aromatic heterocycles. The maximum absolute atomic E-state index is 12.4. The number of ether oxygens (including phenoxy) is 1. The smallest absolute Gasteiger partial charge is 0.313 e. The van der Waals surface area contributed by atoms with E-state index in [1.807, 2.05) is 6.92 Å². The van der Waals surface area contributed by atoms with Crippen molar-refractivity contribution in [2.75, 3.05) is 39.3 Å². The number of nitrogens with zero attached hydrogens (tertiary/aromatic N) is 1. The molecule has 2 atom stereocenters. The summed E-state index contributed by atoms with van der Waals surface area (Å²) in [6, 6.07) is 0. The van der Waals surface area contributed by atoms with Crippen LogP contribution in [0, 0.1) is 16.7 Å². The van der Waals surface area contributed by atoms with E-state index >= 15 is 0 Å². The molecule has 116 valence electrons. The van der Waals surface area contributed by atoms with E-state index in [4.69, 9.17) is 4.74 Å². The van der Waals surface area contributed by atoms with E-state index in [2.05, 4.69) is 31.0 Å². The molecule has 0 saturated carbocycles. The third-order valence-electron chi connectivity index (χ3n) is 5.23. The van der Waals surface area contributed by atoms with Crippen molar-refractivity contribution in [2.24, 2.45) is 16.7 Å². The molecule has 2 fully saturated rings. The molecule has 4 heteroatoms. The molecule has 1 N–H and O–H groups in total. The Morgan fingerprint density at radius 2 is 2.15 bits per heavy atom. The summed E-state index contributed by atoms with van der Waals surface area (Å²) in [5.41, 5.74) is 0.0696. The fourth-order valence-corrected chi connectivity index (χ4v) is 3.74. The highest BCUT2D eigenvalue weighted by molar-refractivity contribution is 5.78. The predicted octanol–water partition coefficient (Wildman–Crippen LogP) is 1.90. The molecule has 2 rings (SSSR count). The first-order valence-electron chi connectivity index (χ1n) is 8.02. The van der Waals surface area contributed by atoms with Gasteiger partial charge in [-0.15, -0.1) is 0 Å². The Kier molecular flexibility index (Phi) is 4.75. The summed E-state index contributed by atoms with van der Waals surface area (Å²) in [5.74, 6) is 0.341. The average Bonchev–Trinajstić information content (AvgIpc) is 2.98. The molecule has 0 aliphatic carbocycles. The van der Waals surface area contributed by atoms with Gasteiger partial charge in [0.15, 0.2) is 0 Å². The zero-order valence-electron chi connectivity index (χ0n) is 13.5. The van der Waals surface area contributed by atoms with E-state index in [1.165, 1.54) is 6.42 Å². The van der Waals surface area contributed by atoms with Gasteiger partial charge in [-0.2, -0.15) is 0 Å². The average molecular weight is 282 g/mol. The van der Waals surface area contributed by atoms with E-state index in [9.17, 15) is 4.79 Å². The Bertz CT molecular complexity index is 350. The largest absolute Gasteiger partial charge is 0.466 e. The van der Waals surface area contributed by atoms with Gasteiger partial charge in [-0.3, -0.25) is 4.79 Å². The second-order valence-corrected chi connectivity index (χ2v) is 7.23. The molecule has 0 spiro atoms. The SMILES string of the molecule is CCOC(=O)C1(C(C)C)CCN(CC2(C)CCNC2)C1. The number of esters is 1. The van der Waals surface area contributed by atoms with E-state index in [1.54, 1.807) is 0 Å². The van der Waals surface area contributed by atoms with Gasteiger partial charge in [-0.05, 0) is 44.2 Å². The molecule has 0 aromatic rings. The van der Waals surface area contributed by atoms with Crippen molar-refractivity contribution < 1.29 is 9.53 Å². The lowest BCUT2D eigenvalue weighted by Gasteiger charge is -2.33.